The van der Waals surface area contributed by atoms with E-state index in [-0.39, 0.29) is 0 Å². The topological polar surface area (TPSA) is 0 Å². The van der Waals surface area contributed by atoms with Gasteiger partial charge in [0, 0.05) is 0 Å². The molecule has 0 unspecified atom stereocenters. The average molecular weight is 200 g/mol. The lowest BCUT2D eigenvalue weighted by molar-refractivity contribution is 0.707. The number of allylic oxidation sites excluding steroid dienone is 1. The molecular formula is C15H20. The summed E-state index contributed by atoms with van der Waals surface area (Å²) in [5.74, 6) is 0.743. The van der Waals surface area contributed by atoms with E-state index in [4.69, 9.17) is 0 Å². The molecule has 15 heavy (non-hydrogen) atoms. The minimum atomic E-state index is 0.743. The van der Waals surface area contributed by atoms with E-state index in [2.05, 4.69) is 38.6 Å². The quantitative estimate of drug-likeness (QED) is 0.659. The van der Waals surface area contributed by atoms with Gasteiger partial charge in [0.25, 0.3) is 0 Å². The minimum Gasteiger partial charge on any atom is -0.0950 e. The van der Waals surface area contributed by atoms with Gasteiger partial charge in [0.1, 0.15) is 0 Å². The first kappa shape index (κ1) is 10.5. The van der Waals surface area contributed by atoms with E-state index in [1.165, 1.54) is 47.9 Å². The molecule has 0 N–H and O–H groups in total. The third kappa shape index (κ3) is 2.14. The van der Waals surface area contributed by atoms with Crippen molar-refractivity contribution < 1.29 is 0 Å². The lowest BCUT2D eigenvalue weighted by Crippen LogP contribution is -1.97. The molecule has 1 aliphatic rings. The normalized spacial score (nSPS) is 16.9. The summed E-state index contributed by atoms with van der Waals surface area (Å²) in [7, 11) is 0. The van der Waals surface area contributed by atoms with Crippen LogP contribution in [0.5, 0.6) is 0 Å². The minimum absolute atomic E-state index is 0.743. The standard InChI is InChI=1S/C15H20/c1-11-8-9-15(10-12(11)2)13(3)14-6-4-5-7-14/h8-10,14H,3-7H2,1-2H3. The van der Waals surface area contributed by atoms with Crippen LogP contribution in [0, 0.1) is 19.8 Å². The second kappa shape index (κ2) is 4.22. The number of hydrogen-bond donors (Lipinski definition) is 0. The van der Waals surface area contributed by atoms with Crippen LogP contribution >= 0.6 is 0 Å². The first-order valence-electron chi connectivity index (χ1n) is 5.95. The molecule has 0 nitrogen and oxygen atoms in total. The summed E-state index contributed by atoms with van der Waals surface area (Å²) in [5, 5.41) is 0. The second-order valence-corrected chi connectivity index (χ2v) is 4.81. The summed E-state index contributed by atoms with van der Waals surface area (Å²) in [4.78, 5) is 0. The summed E-state index contributed by atoms with van der Waals surface area (Å²) in [5.41, 5.74) is 5.46. The molecule has 0 aromatic heterocycles. The third-order valence-electron chi connectivity index (χ3n) is 3.73. The maximum Gasteiger partial charge on any atom is -0.0162 e. The molecule has 0 heteroatoms. The number of rotatable bonds is 2. The molecule has 0 aliphatic heterocycles. The van der Waals surface area contributed by atoms with Gasteiger partial charge in [-0.1, -0.05) is 37.6 Å². The predicted molar refractivity (Wildman–Crippen MR) is 66.9 cm³/mol. The van der Waals surface area contributed by atoms with Crippen LogP contribution in [0.25, 0.3) is 5.57 Å². The first-order chi connectivity index (χ1) is 7.18. The van der Waals surface area contributed by atoms with Crippen LogP contribution in [-0.2, 0) is 0 Å². The Bertz CT molecular complexity index is 368. The number of benzene rings is 1. The zero-order valence-electron chi connectivity index (χ0n) is 9.84. The molecule has 1 fully saturated rings. The summed E-state index contributed by atoms with van der Waals surface area (Å²) in [6.45, 7) is 8.62. The van der Waals surface area contributed by atoms with Crippen LogP contribution in [0.3, 0.4) is 0 Å². The van der Waals surface area contributed by atoms with Crippen LogP contribution < -0.4 is 0 Å². The highest BCUT2D eigenvalue weighted by atomic mass is 14.2. The Labute approximate surface area is 93.0 Å². The van der Waals surface area contributed by atoms with Gasteiger partial charge < -0.3 is 0 Å². The third-order valence-corrected chi connectivity index (χ3v) is 3.73. The highest BCUT2D eigenvalue weighted by Crippen LogP contribution is 2.35. The summed E-state index contributed by atoms with van der Waals surface area (Å²) in [6.07, 6.45) is 5.45. The van der Waals surface area contributed by atoms with E-state index in [1.807, 2.05) is 0 Å². The molecule has 0 amide bonds. The fraction of sp³-hybridized carbons (Fsp3) is 0.467. The molecule has 1 aliphatic carbocycles. The van der Waals surface area contributed by atoms with Crippen molar-refractivity contribution in [1.29, 1.82) is 0 Å². The molecule has 1 aromatic rings. The summed E-state index contributed by atoms with van der Waals surface area (Å²) < 4.78 is 0. The average Bonchev–Trinajstić information content (AvgIpc) is 2.74. The molecule has 0 atom stereocenters. The van der Waals surface area contributed by atoms with Gasteiger partial charge in [-0.15, -0.1) is 0 Å². The van der Waals surface area contributed by atoms with Crippen molar-refractivity contribution in [2.24, 2.45) is 5.92 Å². The molecule has 2 rings (SSSR count). The second-order valence-electron chi connectivity index (χ2n) is 4.81. The van der Waals surface area contributed by atoms with Crippen LogP contribution in [0.4, 0.5) is 0 Å². The number of aryl methyl sites for hydroxylation is 2. The van der Waals surface area contributed by atoms with Gasteiger partial charge in [-0.2, -0.15) is 0 Å². The molecule has 0 heterocycles. The Kier molecular flexibility index (Phi) is 2.95. The largest absolute Gasteiger partial charge is 0.0950 e. The van der Waals surface area contributed by atoms with E-state index in [0.717, 1.165) is 5.92 Å². The highest BCUT2D eigenvalue weighted by Gasteiger charge is 2.18. The fourth-order valence-electron chi connectivity index (χ4n) is 2.45. The summed E-state index contributed by atoms with van der Waals surface area (Å²) in [6, 6.07) is 6.73. The Morgan fingerprint density at radius 1 is 1.13 bits per heavy atom. The van der Waals surface area contributed by atoms with Crippen LogP contribution in [0.15, 0.2) is 24.8 Å². The van der Waals surface area contributed by atoms with Gasteiger partial charge in [-0.05, 0) is 54.9 Å². The van der Waals surface area contributed by atoms with Gasteiger partial charge in [0.05, 0.1) is 0 Å². The molecule has 0 bridgehead atoms. The zero-order chi connectivity index (χ0) is 10.8. The van der Waals surface area contributed by atoms with E-state index in [1.54, 1.807) is 0 Å². The maximum atomic E-state index is 4.28. The Balaban J connectivity index is 2.21. The van der Waals surface area contributed by atoms with E-state index >= 15 is 0 Å². The molecule has 0 saturated heterocycles. The molecule has 1 saturated carbocycles. The molecular weight excluding hydrogens is 180 g/mol. The fourth-order valence-corrected chi connectivity index (χ4v) is 2.45. The first-order valence-corrected chi connectivity index (χ1v) is 5.95. The predicted octanol–water partition coefficient (Wildman–Crippen LogP) is 4.51. The van der Waals surface area contributed by atoms with Gasteiger partial charge in [-0.3, -0.25) is 0 Å². The van der Waals surface area contributed by atoms with E-state index < -0.39 is 0 Å². The van der Waals surface area contributed by atoms with Crippen molar-refractivity contribution in [3.05, 3.63) is 41.5 Å². The van der Waals surface area contributed by atoms with Crippen molar-refractivity contribution in [2.45, 2.75) is 39.5 Å². The van der Waals surface area contributed by atoms with Crippen LogP contribution in [-0.4, -0.2) is 0 Å². The van der Waals surface area contributed by atoms with Crippen molar-refractivity contribution in [1.82, 2.24) is 0 Å². The molecule has 1 aromatic carbocycles. The van der Waals surface area contributed by atoms with E-state index in [0.29, 0.717) is 0 Å². The smallest absolute Gasteiger partial charge is 0.0162 e. The van der Waals surface area contributed by atoms with Gasteiger partial charge in [0.15, 0.2) is 0 Å². The number of hydrogen-bond acceptors (Lipinski definition) is 0. The Hall–Kier alpha value is -1.04. The van der Waals surface area contributed by atoms with Crippen molar-refractivity contribution in [3.63, 3.8) is 0 Å². The zero-order valence-corrected chi connectivity index (χ0v) is 9.84. The van der Waals surface area contributed by atoms with E-state index in [9.17, 15) is 0 Å². The lowest BCUT2D eigenvalue weighted by atomic mass is 9.91. The molecule has 0 spiro atoms. The lowest BCUT2D eigenvalue weighted by Gasteiger charge is -2.14. The van der Waals surface area contributed by atoms with Crippen LogP contribution in [0.2, 0.25) is 0 Å². The monoisotopic (exact) mass is 200 g/mol. The van der Waals surface area contributed by atoms with Crippen molar-refractivity contribution in [3.8, 4) is 0 Å². The van der Waals surface area contributed by atoms with Gasteiger partial charge >= 0.3 is 0 Å². The van der Waals surface area contributed by atoms with Gasteiger partial charge in [-0.25, -0.2) is 0 Å². The van der Waals surface area contributed by atoms with Gasteiger partial charge in [0.2, 0.25) is 0 Å². The Morgan fingerprint density at radius 3 is 2.40 bits per heavy atom. The van der Waals surface area contributed by atoms with Crippen molar-refractivity contribution >= 4 is 5.57 Å². The highest BCUT2D eigenvalue weighted by molar-refractivity contribution is 5.66. The maximum absolute atomic E-state index is 4.28. The van der Waals surface area contributed by atoms with Crippen LogP contribution in [0.1, 0.15) is 42.4 Å². The summed E-state index contributed by atoms with van der Waals surface area (Å²) >= 11 is 0. The van der Waals surface area contributed by atoms with Crippen molar-refractivity contribution in [2.75, 3.05) is 0 Å². The molecule has 0 radical (unpaired) electrons. The molecule has 80 valence electrons. The SMILES string of the molecule is C=C(c1ccc(C)c(C)c1)C1CCCC1. The Morgan fingerprint density at radius 2 is 1.80 bits per heavy atom.